The van der Waals surface area contributed by atoms with Crippen molar-refractivity contribution >= 4 is 23.0 Å². The van der Waals surface area contributed by atoms with Gasteiger partial charge in [0.15, 0.2) is 5.17 Å². The Bertz CT molecular complexity index is 447. The van der Waals surface area contributed by atoms with Crippen LogP contribution in [0, 0.1) is 5.41 Å². The Morgan fingerprint density at radius 3 is 2.70 bits per heavy atom. The van der Waals surface area contributed by atoms with Crippen molar-refractivity contribution in [1.29, 1.82) is 5.41 Å². The SMILES string of the molecule is N=C(NC(=O)NC1CCOCC1)SCc1ccccc1. The molecule has 0 aromatic heterocycles. The van der Waals surface area contributed by atoms with Crippen LogP contribution in [0.5, 0.6) is 0 Å². The smallest absolute Gasteiger partial charge is 0.321 e. The van der Waals surface area contributed by atoms with Crippen molar-refractivity contribution in [2.24, 2.45) is 0 Å². The van der Waals surface area contributed by atoms with Crippen molar-refractivity contribution in [3.63, 3.8) is 0 Å². The maximum Gasteiger partial charge on any atom is 0.321 e. The first-order chi connectivity index (χ1) is 9.74. The van der Waals surface area contributed by atoms with Gasteiger partial charge in [-0.05, 0) is 18.4 Å². The van der Waals surface area contributed by atoms with Crippen LogP contribution in [-0.2, 0) is 10.5 Å². The molecule has 1 aromatic rings. The summed E-state index contributed by atoms with van der Waals surface area (Å²) in [7, 11) is 0. The molecule has 108 valence electrons. The highest BCUT2D eigenvalue weighted by molar-refractivity contribution is 8.13. The van der Waals surface area contributed by atoms with Gasteiger partial charge in [-0.25, -0.2) is 4.79 Å². The Morgan fingerprint density at radius 2 is 2.00 bits per heavy atom. The lowest BCUT2D eigenvalue weighted by Gasteiger charge is -2.23. The molecule has 1 fully saturated rings. The van der Waals surface area contributed by atoms with Crippen LogP contribution in [0.15, 0.2) is 30.3 Å². The van der Waals surface area contributed by atoms with E-state index in [0.29, 0.717) is 19.0 Å². The molecule has 6 heteroatoms. The van der Waals surface area contributed by atoms with E-state index in [1.807, 2.05) is 30.3 Å². The summed E-state index contributed by atoms with van der Waals surface area (Å²) in [4.78, 5) is 11.7. The van der Waals surface area contributed by atoms with Crippen LogP contribution in [0.1, 0.15) is 18.4 Å². The molecule has 0 bridgehead atoms. The highest BCUT2D eigenvalue weighted by Crippen LogP contribution is 2.11. The van der Waals surface area contributed by atoms with Crippen molar-refractivity contribution in [3.05, 3.63) is 35.9 Å². The van der Waals surface area contributed by atoms with Crippen LogP contribution < -0.4 is 10.6 Å². The number of hydrogen-bond donors (Lipinski definition) is 3. The molecule has 0 saturated carbocycles. The van der Waals surface area contributed by atoms with Gasteiger partial charge in [0.2, 0.25) is 0 Å². The molecule has 0 aliphatic carbocycles. The lowest BCUT2D eigenvalue weighted by atomic mass is 10.1. The lowest BCUT2D eigenvalue weighted by Crippen LogP contribution is -2.45. The molecule has 1 heterocycles. The molecule has 2 rings (SSSR count). The van der Waals surface area contributed by atoms with E-state index in [1.165, 1.54) is 11.8 Å². The highest BCUT2D eigenvalue weighted by atomic mass is 32.2. The van der Waals surface area contributed by atoms with Crippen molar-refractivity contribution in [1.82, 2.24) is 10.6 Å². The number of urea groups is 1. The third-order valence-electron chi connectivity index (χ3n) is 3.01. The zero-order valence-corrected chi connectivity index (χ0v) is 12.0. The van der Waals surface area contributed by atoms with Gasteiger partial charge in [-0.1, -0.05) is 42.1 Å². The predicted molar refractivity (Wildman–Crippen MR) is 81.0 cm³/mol. The molecule has 0 spiro atoms. The van der Waals surface area contributed by atoms with E-state index in [4.69, 9.17) is 10.1 Å². The molecule has 1 aromatic carbocycles. The van der Waals surface area contributed by atoms with Gasteiger partial charge in [-0.3, -0.25) is 10.7 Å². The Labute approximate surface area is 123 Å². The molecule has 0 radical (unpaired) electrons. The number of nitrogens with one attached hydrogen (secondary N) is 3. The van der Waals surface area contributed by atoms with E-state index in [2.05, 4.69) is 10.6 Å². The van der Waals surface area contributed by atoms with E-state index >= 15 is 0 Å². The summed E-state index contributed by atoms with van der Waals surface area (Å²) in [5.74, 6) is 0.678. The van der Waals surface area contributed by atoms with Gasteiger partial charge in [0.1, 0.15) is 0 Å². The number of benzene rings is 1. The summed E-state index contributed by atoms with van der Waals surface area (Å²) < 4.78 is 5.23. The van der Waals surface area contributed by atoms with Gasteiger partial charge in [0, 0.05) is 25.0 Å². The van der Waals surface area contributed by atoms with Gasteiger partial charge in [-0.15, -0.1) is 0 Å². The molecular weight excluding hydrogens is 274 g/mol. The van der Waals surface area contributed by atoms with Crippen LogP contribution >= 0.6 is 11.8 Å². The Hall–Kier alpha value is -1.53. The summed E-state index contributed by atoms with van der Waals surface area (Å²) in [5, 5.41) is 13.3. The van der Waals surface area contributed by atoms with Crippen LogP contribution in [0.3, 0.4) is 0 Å². The minimum absolute atomic E-state index is 0.149. The Morgan fingerprint density at radius 1 is 1.30 bits per heavy atom. The molecule has 5 nitrogen and oxygen atoms in total. The number of hydrogen-bond acceptors (Lipinski definition) is 4. The quantitative estimate of drug-likeness (QED) is 0.591. The second-order valence-corrected chi connectivity index (χ2v) is 5.57. The average Bonchev–Trinajstić information content (AvgIpc) is 2.47. The minimum atomic E-state index is -0.303. The molecule has 0 atom stereocenters. The summed E-state index contributed by atoms with van der Waals surface area (Å²) >= 11 is 1.31. The van der Waals surface area contributed by atoms with Crippen LogP contribution in [0.2, 0.25) is 0 Å². The summed E-state index contributed by atoms with van der Waals surface area (Å²) in [6.45, 7) is 1.37. The minimum Gasteiger partial charge on any atom is -0.381 e. The zero-order valence-electron chi connectivity index (χ0n) is 11.2. The van der Waals surface area contributed by atoms with E-state index in [1.54, 1.807) is 0 Å². The monoisotopic (exact) mass is 293 g/mol. The number of carbonyl (C=O) groups is 1. The van der Waals surface area contributed by atoms with E-state index in [0.717, 1.165) is 18.4 Å². The van der Waals surface area contributed by atoms with Crippen molar-refractivity contribution in [2.75, 3.05) is 13.2 Å². The molecule has 2 amide bonds. The van der Waals surface area contributed by atoms with Crippen LogP contribution in [-0.4, -0.2) is 30.5 Å². The van der Waals surface area contributed by atoms with Gasteiger partial charge in [0.25, 0.3) is 0 Å². The fourth-order valence-electron chi connectivity index (χ4n) is 1.93. The van der Waals surface area contributed by atoms with Crippen LogP contribution in [0.25, 0.3) is 0 Å². The van der Waals surface area contributed by atoms with Gasteiger partial charge in [0.05, 0.1) is 0 Å². The Kier molecular flexibility index (Phi) is 5.88. The first-order valence-corrected chi connectivity index (χ1v) is 7.63. The second-order valence-electron chi connectivity index (χ2n) is 4.59. The summed E-state index contributed by atoms with van der Waals surface area (Å²) in [5.41, 5.74) is 1.13. The van der Waals surface area contributed by atoms with Gasteiger partial charge in [-0.2, -0.15) is 0 Å². The molecule has 20 heavy (non-hydrogen) atoms. The fourth-order valence-corrected chi connectivity index (χ4v) is 2.60. The molecule has 0 unspecified atom stereocenters. The van der Waals surface area contributed by atoms with E-state index < -0.39 is 0 Å². The third kappa shape index (κ3) is 5.22. The van der Waals surface area contributed by atoms with Crippen molar-refractivity contribution in [2.45, 2.75) is 24.6 Å². The number of amides is 2. The number of amidine groups is 1. The lowest BCUT2D eigenvalue weighted by molar-refractivity contribution is 0.0803. The fraction of sp³-hybridized carbons (Fsp3) is 0.429. The van der Waals surface area contributed by atoms with E-state index in [-0.39, 0.29) is 17.2 Å². The van der Waals surface area contributed by atoms with Crippen LogP contribution in [0.4, 0.5) is 4.79 Å². The zero-order chi connectivity index (χ0) is 14.2. The van der Waals surface area contributed by atoms with Gasteiger partial charge >= 0.3 is 6.03 Å². The maximum absolute atomic E-state index is 11.7. The van der Waals surface area contributed by atoms with Crippen molar-refractivity contribution < 1.29 is 9.53 Å². The molecule has 1 aliphatic heterocycles. The topological polar surface area (TPSA) is 74.2 Å². The molecular formula is C14H19N3O2S. The molecule has 1 saturated heterocycles. The first-order valence-electron chi connectivity index (χ1n) is 6.64. The van der Waals surface area contributed by atoms with Crippen molar-refractivity contribution in [3.8, 4) is 0 Å². The summed E-state index contributed by atoms with van der Waals surface area (Å²) in [6.07, 6.45) is 1.66. The summed E-state index contributed by atoms with van der Waals surface area (Å²) in [6, 6.07) is 9.73. The number of ether oxygens (including phenoxy) is 1. The number of rotatable bonds is 3. The number of carbonyl (C=O) groups excluding carboxylic acids is 1. The van der Waals surface area contributed by atoms with E-state index in [9.17, 15) is 4.79 Å². The number of thioether (sulfide) groups is 1. The predicted octanol–water partition coefficient (Wildman–Crippen LogP) is 2.33. The van der Waals surface area contributed by atoms with Gasteiger partial charge < -0.3 is 10.1 Å². The molecule has 1 aliphatic rings. The Balaban J connectivity index is 1.67. The normalized spacial score (nSPS) is 15.6. The average molecular weight is 293 g/mol. The second kappa shape index (κ2) is 7.91. The first kappa shape index (κ1) is 14.9. The standard InChI is InChI=1S/C14H19N3O2S/c15-13(20-10-11-4-2-1-3-5-11)17-14(18)16-12-6-8-19-9-7-12/h1-5,12H,6-10H2,(H3,15,16,17,18). The maximum atomic E-state index is 11.7. The molecule has 3 N–H and O–H groups in total. The third-order valence-corrected chi connectivity index (χ3v) is 3.88. The largest absolute Gasteiger partial charge is 0.381 e. The highest BCUT2D eigenvalue weighted by Gasteiger charge is 2.16.